The number of phenols is 2. The fraction of sp³-hybridized carbons (Fsp3) is 0.278. The molecule has 3 rings (SSSR count). The van der Waals surface area contributed by atoms with Crippen molar-refractivity contribution in [1.82, 2.24) is 4.90 Å². The first-order valence-electron chi connectivity index (χ1n) is 7.76. The summed E-state index contributed by atoms with van der Waals surface area (Å²) in [6, 6.07) is 11.1. The maximum atomic E-state index is 12.5. The van der Waals surface area contributed by atoms with Crippen LogP contribution in [0.3, 0.4) is 0 Å². The molecule has 1 aliphatic heterocycles. The fourth-order valence-corrected chi connectivity index (χ4v) is 2.91. The Bertz CT molecular complexity index is 704. The van der Waals surface area contributed by atoms with Gasteiger partial charge >= 0.3 is 0 Å². The lowest BCUT2D eigenvalue weighted by atomic mass is 10.1. The van der Waals surface area contributed by atoms with Crippen LogP contribution in [0.1, 0.15) is 23.2 Å². The summed E-state index contributed by atoms with van der Waals surface area (Å²) in [6.07, 6.45) is 1.49. The van der Waals surface area contributed by atoms with Gasteiger partial charge in [0.2, 0.25) is 0 Å². The van der Waals surface area contributed by atoms with Gasteiger partial charge in [-0.3, -0.25) is 4.79 Å². The molecule has 6 heteroatoms. The molecule has 1 amide bonds. The highest BCUT2D eigenvalue weighted by Crippen LogP contribution is 2.24. The maximum Gasteiger partial charge on any atom is 0.254 e. The number of aromatic hydroxyl groups is 2. The molecule has 24 heavy (non-hydrogen) atoms. The standard InChI is InChI=1S/C18H18ClNO4/c19-13-1-3-16(4-2-13)24-17-5-7-20(8-6-17)18(23)12-9-14(21)11-15(22)10-12/h1-4,9-11,17,21-22H,5-8H2. The lowest BCUT2D eigenvalue weighted by molar-refractivity contribution is 0.0595. The molecule has 5 nitrogen and oxygen atoms in total. The second-order valence-corrected chi connectivity index (χ2v) is 6.24. The van der Waals surface area contributed by atoms with E-state index < -0.39 is 0 Å². The van der Waals surface area contributed by atoms with Crippen molar-refractivity contribution in [1.29, 1.82) is 0 Å². The second-order valence-electron chi connectivity index (χ2n) is 5.80. The minimum absolute atomic E-state index is 0.0489. The summed E-state index contributed by atoms with van der Waals surface area (Å²) in [5.74, 6) is 0.312. The average Bonchev–Trinajstić information content (AvgIpc) is 2.56. The number of phenolic OH excluding ortho intramolecular Hbond substituents is 2. The van der Waals surface area contributed by atoms with Crippen LogP contribution in [-0.2, 0) is 0 Å². The molecule has 2 aromatic rings. The summed E-state index contributed by atoms with van der Waals surface area (Å²) in [6.45, 7) is 1.13. The van der Waals surface area contributed by atoms with Crippen LogP contribution in [0, 0.1) is 0 Å². The maximum absolute atomic E-state index is 12.5. The van der Waals surface area contributed by atoms with Gasteiger partial charge in [0.25, 0.3) is 5.91 Å². The third kappa shape index (κ3) is 3.92. The molecule has 0 atom stereocenters. The summed E-state index contributed by atoms with van der Waals surface area (Å²) in [5, 5.41) is 19.7. The third-order valence-electron chi connectivity index (χ3n) is 4.00. The smallest absolute Gasteiger partial charge is 0.254 e. The highest BCUT2D eigenvalue weighted by molar-refractivity contribution is 6.30. The molecule has 0 aliphatic carbocycles. The molecule has 1 heterocycles. The minimum atomic E-state index is -0.203. The van der Waals surface area contributed by atoms with Gasteiger partial charge in [-0.15, -0.1) is 0 Å². The van der Waals surface area contributed by atoms with Gasteiger partial charge in [0, 0.05) is 42.6 Å². The largest absolute Gasteiger partial charge is 0.508 e. The van der Waals surface area contributed by atoms with Crippen LogP contribution >= 0.6 is 11.6 Å². The van der Waals surface area contributed by atoms with Crippen molar-refractivity contribution in [3.05, 3.63) is 53.1 Å². The van der Waals surface area contributed by atoms with Crippen molar-refractivity contribution >= 4 is 17.5 Å². The van der Waals surface area contributed by atoms with Crippen LogP contribution in [0.25, 0.3) is 0 Å². The van der Waals surface area contributed by atoms with Gasteiger partial charge in [0.05, 0.1) is 0 Å². The van der Waals surface area contributed by atoms with Crippen molar-refractivity contribution in [2.45, 2.75) is 18.9 Å². The second kappa shape index (κ2) is 7.01. The highest BCUT2D eigenvalue weighted by atomic mass is 35.5. The van der Waals surface area contributed by atoms with Crippen LogP contribution in [0.15, 0.2) is 42.5 Å². The molecule has 0 aromatic heterocycles. The van der Waals surface area contributed by atoms with Gasteiger partial charge < -0.3 is 19.8 Å². The molecule has 0 saturated carbocycles. The Balaban J connectivity index is 1.58. The summed E-state index contributed by atoms with van der Waals surface area (Å²) in [7, 11) is 0. The zero-order chi connectivity index (χ0) is 17.1. The van der Waals surface area contributed by atoms with E-state index in [2.05, 4.69) is 0 Å². The summed E-state index contributed by atoms with van der Waals surface area (Å²) in [4.78, 5) is 14.2. The van der Waals surface area contributed by atoms with E-state index in [-0.39, 0.29) is 29.1 Å². The number of carbonyl (C=O) groups excluding carboxylic acids is 1. The van der Waals surface area contributed by atoms with Gasteiger partial charge in [-0.05, 0) is 36.4 Å². The van der Waals surface area contributed by atoms with Crippen LogP contribution < -0.4 is 4.74 Å². The lowest BCUT2D eigenvalue weighted by Gasteiger charge is -2.32. The number of rotatable bonds is 3. The molecule has 1 fully saturated rings. The predicted molar refractivity (Wildman–Crippen MR) is 90.8 cm³/mol. The highest BCUT2D eigenvalue weighted by Gasteiger charge is 2.25. The number of carbonyl (C=O) groups is 1. The van der Waals surface area contributed by atoms with Gasteiger partial charge in [-0.2, -0.15) is 0 Å². The molecule has 1 saturated heterocycles. The van der Waals surface area contributed by atoms with E-state index in [4.69, 9.17) is 16.3 Å². The van der Waals surface area contributed by atoms with Crippen molar-refractivity contribution in [2.75, 3.05) is 13.1 Å². The Morgan fingerprint density at radius 3 is 2.21 bits per heavy atom. The Morgan fingerprint density at radius 2 is 1.62 bits per heavy atom. The first-order chi connectivity index (χ1) is 11.5. The molecule has 126 valence electrons. The Hall–Kier alpha value is -2.40. The molecule has 0 spiro atoms. The SMILES string of the molecule is O=C(c1cc(O)cc(O)c1)N1CCC(Oc2ccc(Cl)cc2)CC1. The van der Waals surface area contributed by atoms with E-state index in [0.29, 0.717) is 18.1 Å². The average molecular weight is 348 g/mol. The van der Waals surface area contributed by atoms with Crippen LogP contribution in [0.4, 0.5) is 0 Å². The van der Waals surface area contributed by atoms with E-state index in [1.165, 1.54) is 18.2 Å². The van der Waals surface area contributed by atoms with Crippen molar-refractivity contribution in [3.8, 4) is 17.2 Å². The van der Waals surface area contributed by atoms with E-state index in [9.17, 15) is 15.0 Å². The first kappa shape index (κ1) is 16.5. The summed E-state index contributed by atoms with van der Waals surface area (Å²) < 4.78 is 5.91. The van der Waals surface area contributed by atoms with Crippen molar-refractivity contribution in [3.63, 3.8) is 0 Å². The molecule has 2 aromatic carbocycles. The van der Waals surface area contributed by atoms with E-state index in [0.717, 1.165) is 18.6 Å². The monoisotopic (exact) mass is 347 g/mol. The Morgan fingerprint density at radius 1 is 1.04 bits per heavy atom. The number of amides is 1. The molecule has 0 radical (unpaired) electrons. The predicted octanol–water partition coefficient (Wildman–Crippen LogP) is 3.43. The molecule has 1 aliphatic rings. The van der Waals surface area contributed by atoms with Crippen LogP contribution in [0.5, 0.6) is 17.2 Å². The van der Waals surface area contributed by atoms with E-state index in [1.54, 1.807) is 17.0 Å². The fourth-order valence-electron chi connectivity index (χ4n) is 2.78. The van der Waals surface area contributed by atoms with Gasteiger partial charge in [0.15, 0.2) is 0 Å². The lowest BCUT2D eigenvalue weighted by Crippen LogP contribution is -2.41. The zero-order valence-corrected chi connectivity index (χ0v) is 13.7. The van der Waals surface area contributed by atoms with Gasteiger partial charge in [0.1, 0.15) is 23.4 Å². The van der Waals surface area contributed by atoms with Crippen molar-refractivity contribution in [2.24, 2.45) is 0 Å². The number of benzene rings is 2. The molecule has 2 N–H and O–H groups in total. The Labute approximate surface area is 145 Å². The molecule has 0 unspecified atom stereocenters. The number of piperidine rings is 1. The quantitative estimate of drug-likeness (QED) is 0.892. The molecular weight excluding hydrogens is 330 g/mol. The minimum Gasteiger partial charge on any atom is -0.508 e. The topological polar surface area (TPSA) is 70.0 Å². The van der Waals surface area contributed by atoms with Crippen molar-refractivity contribution < 1.29 is 19.7 Å². The van der Waals surface area contributed by atoms with E-state index in [1.807, 2.05) is 12.1 Å². The number of halogens is 1. The summed E-state index contributed by atoms with van der Waals surface area (Å²) in [5.41, 5.74) is 0.282. The number of nitrogens with zero attached hydrogens (tertiary/aromatic N) is 1. The number of hydrogen-bond donors (Lipinski definition) is 2. The van der Waals surface area contributed by atoms with Crippen LogP contribution in [0.2, 0.25) is 5.02 Å². The number of ether oxygens (including phenoxy) is 1. The molecular formula is C18H18ClNO4. The van der Waals surface area contributed by atoms with E-state index >= 15 is 0 Å². The van der Waals surface area contributed by atoms with Crippen LogP contribution in [-0.4, -0.2) is 40.2 Å². The third-order valence-corrected chi connectivity index (χ3v) is 4.25. The number of likely N-dealkylation sites (tertiary alicyclic amines) is 1. The first-order valence-corrected chi connectivity index (χ1v) is 8.13. The van der Waals surface area contributed by atoms with Gasteiger partial charge in [-0.25, -0.2) is 0 Å². The Kier molecular flexibility index (Phi) is 4.81. The summed E-state index contributed by atoms with van der Waals surface area (Å²) >= 11 is 5.85. The molecule has 0 bridgehead atoms. The number of hydrogen-bond acceptors (Lipinski definition) is 4. The normalized spacial score (nSPS) is 15.3. The van der Waals surface area contributed by atoms with Gasteiger partial charge in [-0.1, -0.05) is 11.6 Å². The zero-order valence-electron chi connectivity index (χ0n) is 13.0.